The van der Waals surface area contributed by atoms with E-state index >= 15 is 0 Å². The van der Waals surface area contributed by atoms with E-state index < -0.39 is 0 Å². The van der Waals surface area contributed by atoms with E-state index in [4.69, 9.17) is 16.3 Å². The Morgan fingerprint density at radius 1 is 1.03 bits per heavy atom. The van der Waals surface area contributed by atoms with Gasteiger partial charge in [-0.1, -0.05) is 11.6 Å². The molecule has 0 spiro atoms. The number of ether oxygens (including phenoxy) is 1. The molecule has 0 saturated carbocycles. The third-order valence-corrected chi connectivity index (χ3v) is 8.66. The number of methoxy groups -OCH3 is 1. The number of nitrogens with zero attached hydrogens (tertiary/aromatic N) is 2. The maximum atomic E-state index is 13.5. The number of rotatable bonds is 6. The first-order valence-corrected chi connectivity index (χ1v) is 13.9. The molecule has 0 radical (unpaired) electrons. The molecule has 2 aliphatic rings. The Morgan fingerprint density at radius 3 is 2.70 bits per heavy atom. The number of amides is 1. The molecular formula is C30H35ClN4O2. The fraction of sp³-hybridized carbons (Fsp3) is 0.433. The molecule has 6 nitrogen and oxygen atoms in total. The summed E-state index contributed by atoms with van der Waals surface area (Å²) >= 11 is 6.27. The summed E-state index contributed by atoms with van der Waals surface area (Å²) in [6, 6.07) is 14.3. The molecule has 4 heterocycles. The Bertz CT molecular complexity index is 1400. The predicted molar refractivity (Wildman–Crippen MR) is 150 cm³/mol. The van der Waals surface area contributed by atoms with Gasteiger partial charge in [0, 0.05) is 52.2 Å². The van der Waals surface area contributed by atoms with E-state index in [9.17, 15) is 4.79 Å². The van der Waals surface area contributed by atoms with E-state index in [-0.39, 0.29) is 5.91 Å². The lowest BCUT2D eigenvalue weighted by molar-refractivity contribution is 0.0573. The number of benzene rings is 2. The van der Waals surface area contributed by atoms with Crippen molar-refractivity contribution in [3.05, 3.63) is 64.9 Å². The third-order valence-electron chi connectivity index (χ3n) is 8.43. The van der Waals surface area contributed by atoms with E-state index in [2.05, 4.69) is 38.1 Å². The number of piperidine rings is 2. The van der Waals surface area contributed by atoms with Crippen LogP contribution < -0.4 is 4.74 Å². The van der Waals surface area contributed by atoms with Gasteiger partial charge in [-0.25, -0.2) is 0 Å². The van der Waals surface area contributed by atoms with Gasteiger partial charge in [0.1, 0.15) is 11.4 Å². The molecule has 2 saturated heterocycles. The zero-order chi connectivity index (χ0) is 25.4. The quantitative estimate of drug-likeness (QED) is 0.303. The number of aromatic amines is 2. The molecule has 6 rings (SSSR count). The number of nitrogens with one attached hydrogen (secondary N) is 2. The molecule has 2 aromatic heterocycles. The molecular weight excluding hydrogens is 484 g/mol. The summed E-state index contributed by atoms with van der Waals surface area (Å²) in [5, 5.41) is 3.07. The summed E-state index contributed by atoms with van der Waals surface area (Å²) in [6.07, 6.45) is 8.89. The van der Waals surface area contributed by atoms with Crippen molar-refractivity contribution in [3.63, 3.8) is 0 Å². The lowest BCUT2D eigenvalue weighted by Gasteiger charge is -2.38. The van der Waals surface area contributed by atoms with Crippen LogP contribution in [0.2, 0.25) is 5.02 Å². The Labute approximate surface area is 222 Å². The van der Waals surface area contributed by atoms with Crippen molar-refractivity contribution in [1.29, 1.82) is 0 Å². The topological polar surface area (TPSA) is 64.4 Å². The van der Waals surface area contributed by atoms with Crippen LogP contribution in [-0.2, 0) is 0 Å². The molecule has 194 valence electrons. The highest BCUT2D eigenvalue weighted by molar-refractivity contribution is 6.31. The van der Waals surface area contributed by atoms with Gasteiger partial charge < -0.3 is 24.5 Å². The molecule has 0 unspecified atom stereocenters. The van der Waals surface area contributed by atoms with Crippen LogP contribution in [0.1, 0.15) is 60.5 Å². The number of hydrogen-bond acceptors (Lipinski definition) is 3. The van der Waals surface area contributed by atoms with Crippen LogP contribution in [0.15, 0.2) is 48.7 Å². The van der Waals surface area contributed by atoms with Crippen LogP contribution in [0.4, 0.5) is 0 Å². The highest BCUT2D eigenvalue weighted by atomic mass is 35.5. The number of carbonyl (C=O) groups is 1. The van der Waals surface area contributed by atoms with Crippen LogP contribution in [0.3, 0.4) is 0 Å². The molecule has 0 bridgehead atoms. The highest BCUT2D eigenvalue weighted by Gasteiger charge is 2.30. The van der Waals surface area contributed by atoms with Gasteiger partial charge in [-0.2, -0.15) is 0 Å². The number of aromatic nitrogens is 2. The Hall–Kier alpha value is -2.96. The van der Waals surface area contributed by atoms with Crippen molar-refractivity contribution < 1.29 is 9.53 Å². The van der Waals surface area contributed by atoms with Gasteiger partial charge in [0.05, 0.1) is 7.11 Å². The Balaban J connectivity index is 1.07. The molecule has 1 atom stereocenters. The maximum absolute atomic E-state index is 13.5. The molecule has 4 aromatic rings. The normalized spacial score (nSPS) is 19.6. The summed E-state index contributed by atoms with van der Waals surface area (Å²) in [7, 11) is 1.67. The monoisotopic (exact) mass is 518 g/mol. The number of hydrogen-bond donors (Lipinski definition) is 2. The van der Waals surface area contributed by atoms with Gasteiger partial charge in [-0.15, -0.1) is 0 Å². The minimum absolute atomic E-state index is 0.122. The van der Waals surface area contributed by atoms with Gasteiger partial charge in [0.25, 0.3) is 5.91 Å². The summed E-state index contributed by atoms with van der Waals surface area (Å²) in [6.45, 7) is 4.09. The maximum Gasteiger partial charge on any atom is 0.270 e. The molecule has 2 aromatic carbocycles. The van der Waals surface area contributed by atoms with Crippen molar-refractivity contribution in [2.75, 3.05) is 33.3 Å². The fourth-order valence-electron chi connectivity index (χ4n) is 6.33. The van der Waals surface area contributed by atoms with E-state index in [0.29, 0.717) is 17.7 Å². The molecule has 0 aliphatic carbocycles. The summed E-state index contributed by atoms with van der Waals surface area (Å²) in [4.78, 5) is 25.0. The van der Waals surface area contributed by atoms with E-state index in [0.717, 1.165) is 85.5 Å². The molecule has 1 amide bonds. The average Bonchev–Trinajstić information content (AvgIpc) is 3.55. The first-order chi connectivity index (χ1) is 18.1. The highest BCUT2D eigenvalue weighted by Crippen LogP contribution is 2.34. The molecule has 7 heteroatoms. The molecule has 37 heavy (non-hydrogen) atoms. The summed E-state index contributed by atoms with van der Waals surface area (Å²) in [5.74, 6) is 1.49. The minimum atomic E-state index is 0.122. The first-order valence-electron chi connectivity index (χ1n) is 13.6. The second kappa shape index (κ2) is 10.4. The lowest BCUT2D eigenvalue weighted by atomic mass is 9.89. The fourth-order valence-corrected chi connectivity index (χ4v) is 6.50. The largest absolute Gasteiger partial charge is 0.497 e. The minimum Gasteiger partial charge on any atom is -0.497 e. The number of carbonyl (C=O) groups excluding carboxylic acids is 1. The van der Waals surface area contributed by atoms with Crippen LogP contribution >= 0.6 is 11.6 Å². The summed E-state index contributed by atoms with van der Waals surface area (Å²) in [5.41, 5.74) is 4.21. The number of fused-ring (bicyclic) bond motifs is 2. The zero-order valence-electron chi connectivity index (χ0n) is 21.4. The summed E-state index contributed by atoms with van der Waals surface area (Å²) < 4.78 is 5.35. The Kier molecular flexibility index (Phi) is 6.87. The second-order valence-corrected chi connectivity index (χ2v) is 11.1. The smallest absolute Gasteiger partial charge is 0.270 e. The number of halogens is 1. The average molecular weight is 519 g/mol. The van der Waals surface area contributed by atoms with Crippen LogP contribution in [-0.4, -0.2) is 65.0 Å². The number of H-pyrrole nitrogens is 2. The van der Waals surface area contributed by atoms with E-state index in [1.54, 1.807) is 7.11 Å². The van der Waals surface area contributed by atoms with Crippen LogP contribution in [0, 0.1) is 0 Å². The second-order valence-electron chi connectivity index (χ2n) is 10.6. The first kappa shape index (κ1) is 24.4. The molecule has 2 fully saturated rings. The Morgan fingerprint density at radius 2 is 1.86 bits per heavy atom. The van der Waals surface area contributed by atoms with Crippen molar-refractivity contribution >= 4 is 39.3 Å². The van der Waals surface area contributed by atoms with Gasteiger partial charge in [-0.3, -0.25) is 4.79 Å². The van der Waals surface area contributed by atoms with Gasteiger partial charge >= 0.3 is 0 Å². The van der Waals surface area contributed by atoms with Crippen molar-refractivity contribution in [2.24, 2.45) is 0 Å². The van der Waals surface area contributed by atoms with Gasteiger partial charge in [0.15, 0.2) is 0 Å². The van der Waals surface area contributed by atoms with Crippen molar-refractivity contribution in [1.82, 2.24) is 19.8 Å². The predicted octanol–water partition coefficient (Wildman–Crippen LogP) is 6.58. The number of likely N-dealkylation sites (tertiary alicyclic amines) is 2. The molecule has 2 N–H and O–H groups in total. The zero-order valence-corrected chi connectivity index (χ0v) is 22.2. The van der Waals surface area contributed by atoms with Crippen LogP contribution in [0.25, 0.3) is 21.8 Å². The van der Waals surface area contributed by atoms with E-state index in [1.165, 1.54) is 17.4 Å². The van der Waals surface area contributed by atoms with Crippen LogP contribution in [0.5, 0.6) is 5.75 Å². The van der Waals surface area contributed by atoms with E-state index in [1.807, 2.05) is 30.3 Å². The van der Waals surface area contributed by atoms with Gasteiger partial charge in [-0.05, 0) is 106 Å². The van der Waals surface area contributed by atoms with Crippen molar-refractivity contribution in [3.8, 4) is 5.75 Å². The third kappa shape index (κ3) is 4.97. The SMILES string of the molecule is COc1ccc2[nH]c(C(=O)N3CCCC[C@H]3CCN3CCC(c4c[nH]c5ccc(Cl)cc45)CC3)cc2c1. The van der Waals surface area contributed by atoms with Crippen molar-refractivity contribution in [2.45, 2.75) is 50.5 Å². The van der Waals surface area contributed by atoms with Gasteiger partial charge in [0.2, 0.25) is 0 Å². The lowest BCUT2D eigenvalue weighted by Crippen LogP contribution is -2.46. The molecule has 2 aliphatic heterocycles. The standard InChI is InChI=1S/C30H35ClN4O2/c1-37-24-6-8-27-21(16-24)17-29(33-27)30(36)35-12-3-2-4-23(35)11-15-34-13-9-20(10-14-34)26-19-32-28-7-5-22(31)18-25(26)28/h5-8,16-20,23,32-33H,2-4,9-15H2,1H3/t23-/m0/s1.